The average Bonchev–Trinajstić information content (AvgIpc) is 2.14. The molecule has 0 saturated heterocycles. The number of carbonyl (C=O) groups is 1. The molecule has 1 N–H and O–H groups in total. The first-order valence-electron chi connectivity index (χ1n) is 4.72. The van der Waals surface area contributed by atoms with E-state index in [-0.39, 0.29) is 5.91 Å². The van der Waals surface area contributed by atoms with Gasteiger partial charge in [-0.3, -0.25) is 9.69 Å². The molecule has 0 aliphatic heterocycles. The van der Waals surface area contributed by atoms with E-state index < -0.39 is 0 Å². The Labute approximate surface area is 85.3 Å². The Morgan fingerprint density at radius 2 is 2.00 bits per heavy atom. The maximum atomic E-state index is 11.3. The van der Waals surface area contributed by atoms with E-state index in [0.717, 1.165) is 25.4 Å². The summed E-state index contributed by atoms with van der Waals surface area (Å²) in [6, 6.07) is 0. The van der Waals surface area contributed by atoms with Crippen LogP contribution in [0.2, 0.25) is 0 Å². The minimum absolute atomic E-state index is 0.137. The van der Waals surface area contributed by atoms with E-state index in [1.807, 2.05) is 6.26 Å². The van der Waals surface area contributed by atoms with Crippen molar-refractivity contribution >= 4 is 17.7 Å². The largest absolute Gasteiger partial charge is 0.354 e. The molecule has 0 aliphatic rings. The Morgan fingerprint density at radius 1 is 1.38 bits per heavy atom. The lowest BCUT2D eigenvalue weighted by Crippen LogP contribution is -2.37. The van der Waals surface area contributed by atoms with Crippen LogP contribution in [0.1, 0.15) is 13.8 Å². The lowest BCUT2D eigenvalue weighted by atomic mass is 10.4. The zero-order chi connectivity index (χ0) is 10.1. The summed E-state index contributed by atoms with van der Waals surface area (Å²) >= 11 is 1.75. The van der Waals surface area contributed by atoms with E-state index >= 15 is 0 Å². The van der Waals surface area contributed by atoms with Crippen LogP contribution in [0.5, 0.6) is 0 Å². The highest BCUT2D eigenvalue weighted by atomic mass is 32.2. The van der Waals surface area contributed by atoms with Crippen LogP contribution in [0, 0.1) is 0 Å². The molecule has 0 rings (SSSR count). The molecule has 0 aromatic rings. The SMILES string of the molecule is CCN(CC)CC(=O)NCCSC. The van der Waals surface area contributed by atoms with Crippen molar-refractivity contribution in [2.75, 3.05) is 38.2 Å². The molecule has 0 unspecified atom stereocenters. The van der Waals surface area contributed by atoms with E-state index in [9.17, 15) is 4.79 Å². The third kappa shape index (κ3) is 6.90. The van der Waals surface area contributed by atoms with E-state index in [1.54, 1.807) is 11.8 Å². The van der Waals surface area contributed by atoms with Crippen LogP contribution in [-0.2, 0) is 4.79 Å². The summed E-state index contributed by atoms with van der Waals surface area (Å²) in [6.45, 7) is 7.32. The Kier molecular flexibility index (Phi) is 8.24. The first kappa shape index (κ1) is 12.8. The average molecular weight is 204 g/mol. The molecule has 0 aromatic heterocycles. The van der Waals surface area contributed by atoms with Crippen molar-refractivity contribution in [2.45, 2.75) is 13.8 Å². The molecule has 0 atom stereocenters. The van der Waals surface area contributed by atoms with Gasteiger partial charge in [0.2, 0.25) is 5.91 Å². The summed E-state index contributed by atoms with van der Waals surface area (Å²) in [5.74, 6) is 1.13. The molecule has 3 nitrogen and oxygen atoms in total. The van der Waals surface area contributed by atoms with Crippen molar-refractivity contribution < 1.29 is 4.79 Å². The number of likely N-dealkylation sites (N-methyl/N-ethyl adjacent to an activating group) is 1. The van der Waals surface area contributed by atoms with Gasteiger partial charge in [0, 0.05) is 12.3 Å². The highest BCUT2D eigenvalue weighted by Crippen LogP contribution is 1.88. The van der Waals surface area contributed by atoms with Crippen molar-refractivity contribution in [1.29, 1.82) is 0 Å². The first-order valence-corrected chi connectivity index (χ1v) is 6.11. The summed E-state index contributed by atoms with van der Waals surface area (Å²) in [7, 11) is 0. The number of rotatable bonds is 7. The van der Waals surface area contributed by atoms with Crippen molar-refractivity contribution in [3.63, 3.8) is 0 Å². The normalized spacial score (nSPS) is 10.5. The summed E-state index contributed by atoms with van der Waals surface area (Å²) in [5.41, 5.74) is 0. The highest BCUT2D eigenvalue weighted by molar-refractivity contribution is 7.98. The number of nitrogens with one attached hydrogen (secondary N) is 1. The molecule has 0 aliphatic carbocycles. The van der Waals surface area contributed by atoms with Gasteiger partial charge in [0.15, 0.2) is 0 Å². The van der Waals surface area contributed by atoms with Gasteiger partial charge >= 0.3 is 0 Å². The fraction of sp³-hybridized carbons (Fsp3) is 0.889. The Balaban J connectivity index is 3.48. The van der Waals surface area contributed by atoms with Gasteiger partial charge in [-0.15, -0.1) is 0 Å². The molecule has 1 amide bonds. The predicted octanol–water partition coefficient (Wildman–Crippen LogP) is 0.807. The monoisotopic (exact) mass is 204 g/mol. The van der Waals surface area contributed by atoms with E-state index in [2.05, 4.69) is 24.1 Å². The maximum Gasteiger partial charge on any atom is 0.234 e. The van der Waals surface area contributed by atoms with Crippen molar-refractivity contribution in [3.8, 4) is 0 Å². The van der Waals surface area contributed by atoms with Gasteiger partial charge in [0.1, 0.15) is 0 Å². The number of carbonyl (C=O) groups excluding carboxylic acids is 1. The minimum Gasteiger partial charge on any atom is -0.354 e. The third-order valence-electron chi connectivity index (χ3n) is 1.89. The van der Waals surface area contributed by atoms with Crippen LogP contribution >= 0.6 is 11.8 Å². The van der Waals surface area contributed by atoms with Crippen LogP contribution < -0.4 is 5.32 Å². The molecule has 4 heteroatoms. The molecule has 0 bridgehead atoms. The second kappa shape index (κ2) is 8.38. The quantitative estimate of drug-likeness (QED) is 0.623. The third-order valence-corrected chi connectivity index (χ3v) is 2.50. The first-order chi connectivity index (χ1) is 6.24. The lowest BCUT2D eigenvalue weighted by Gasteiger charge is -2.16. The van der Waals surface area contributed by atoms with Gasteiger partial charge in [-0.05, 0) is 19.3 Å². The van der Waals surface area contributed by atoms with E-state index in [0.29, 0.717) is 6.54 Å². The van der Waals surface area contributed by atoms with Gasteiger partial charge in [-0.25, -0.2) is 0 Å². The van der Waals surface area contributed by atoms with Gasteiger partial charge in [-0.1, -0.05) is 13.8 Å². The minimum atomic E-state index is 0.137. The van der Waals surface area contributed by atoms with Crippen molar-refractivity contribution in [2.24, 2.45) is 0 Å². The van der Waals surface area contributed by atoms with Crippen LogP contribution in [0.4, 0.5) is 0 Å². The molecule has 0 aromatic carbocycles. The van der Waals surface area contributed by atoms with Gasteiger partial charge < -0.3 is 5.32 Å². The Hall–Kier alpha value is -0.220. The molecule has 78 valence electrons. The number of hydrogen-bond donors (Lipinski definition) is 1. The number of hydrogen-bond acceptors (Lipinski definition) is 3. The number of amides is 1. The number of thioether (sulfide) groups is 1. The van der Waals surface area contributed by atoms with Crippen LogP contribution in [0.3, 0.4) is 0 Å². The topological polar surface area (TPSA) is 32.3 Å². The highest BCUT2D eigenvalue weighted by Gasteiger charge is 2.05. The summed E-state index contributed by atoms with van der Waals surface area (Å²) in [4.78, 5) is 13.4. The maximum absolute atomic E-state index is 11.3. The zero-order valence-electron chi connectivity index (χ0n) is 8.80. The van der Waals surface area contributed by atoms with Gasteiger partial charge in [0.05, 0.1) is 6.54 Å². The van der Waals surface area contributed by atoms with Crippen LogP contribution in [0.15, 0.2) is 0 Å². The lowest BCUT2D eigenvalue weighted by molar-refractivity contribution is -0.122. The second-order valence-electron chi connectivity index (χ2n) is 2.80. The van der Waals surface area contributed by atoms with Gasteiger partial charge in [-0.2, -0.15) is 11.8 Å². The fourth-order valence-electron chi connectivity index (χ4n) is 0.999. The van der Waals surface area contributed by atoms with Crippen LogP contribution in [-0.4, -0.2) is 49.0 Å². The molecule has 13 heavy (non-hydrogen) atoms. The smallest absolute Gasteiger partial charge is 0.234 e. The molecule has 0 fully saturated rings. The summed E-state index contributed by atoms with van der Waals surface area (Å²) < 4.78 is 0. The molecule has 0 heterocycles. The predicted molar refractivity (Wildman–Crippen MR) is 59.2 cm³/mol. The van der Waals surface area contributed by atoms with E-state index in [4.69, 9.17) is 0 Å². The van der Waals surface area contributed by atoms with Crippen LogP contribution in [0.25, 0.3) is 0 Å². The molecule has 0 saturated carbocycles. The second-order valence-corrected chi connectivity index (χ2v) is 3.79. The summed E-state index contributed by atoms with van der Waals surface area (Å²) in [5, 5.41) is 2.88. The standard InChI is InChI=1S/C9H20N2OS/c1-4-11(5-2)8-9(12)10-6-7-13-3/h4-8H2,1-3H3,(H,10,12). The molecular formula is C9H20N2OS. The number of nitrogens with zero attached hydrogens (tertiary/aromatic N) is 1. The Morgan fingerprint density at radius 3 is 2.46 bits per heavy atom. The van der Waals surface area contributed by atoms with Crippen molar-refractivity contribution in [3.05, 3.63) is 0 Å². The zero-order valence-corrected chi connectivity index (χ0v) is 9.62. The molecular weight excluding hydrogens is 184 g/mol. The summed E-state index contributed by atoms with van der Waals surface area (Å²) in [6.07, 6.45) is 2.04. The van der Waals surface area contributed by atoms with Gasteiger partial charge in [0.25, 0.3) is 0 Å². The van der Waals surface area contributed by atoms with E-state index in [1.165, 1.54) is 0 Å². The van der Waals surface area contributed by atoms with Crippen molar-refractivity contribution in [1.82, 2.24) is 10.2 Å². The fourth-order valence-corrected chi connectivity index (χ4v) is 1.30. The molecule has 0 spiro atoms. The molecule has 0 radical (unpaired) electrons. The Bertz CT molecular complexity index is 138.